The molecule has 1 aliphatic rings. The van der Waals surface area contributed by atoms with Gasteiger partial charge in [-0.2, -0.15) is 18.3 Å². The number of carbonyl (C=O) groups excluding carboxylic acids is 1. The molecule has 1 unspecified atom stereocenters. The van der Waals surface area contributed by atoms with Gasteiger partial charge in [0.25, 0.3) is 0 Å². The first-order valence-electron chi connectivity index (χ1n) is 8.04. The van der Waals surface area contributed by atoms with E-state index in [9.17, 15) is 27.9 Å². The van der Waals surface area contributed by atoms with E-state index in [1.807, 2.05) is 0 Å². The number of carboxylic acids is 1. The number of rotatable bonds is 4. The molecule has 1 atom stereocenters. The number of hydrogen-bond donors (Lipinski definition) is 1. The van der Waals surface area contributed by atoms with E-state index in [1.54, 1.807) is 13.8 Å². The second kappa shape index (κ2) is 6.68. The largest absolute Gasteiger partial charge is 0.481 e. The lowest BCUT2D eigenvalue weighted by atomic mass is 9.82. The molecule has 0 aromatic carbocycles. The van der Waals surface area contributed by atoms with Crippen molar-refractivity contribution in [1.29, 1.82) is 0 Å². The average Bonchev–Trinajstić information content (AvgIpc) is 2.73. The maximum absolute atomic E-state index is 12.6. The van der Waals surface area contributed by atoms with Crippen LogP contribution in [0.5, 0.6) is 0 Å². The van der Waals surface area contributed by atoms with Crippen LogP contribution in [-0.2, 0) is 22.6 Å². The molecule has 1 saturated heterocycles. The number of piperidine rings is 1. The Bertz CT molecular complexity index is 684. The number of halogens is 3. The Labute approximate surface area is 143 Å². The molecule has 0 spiro atoms. The maximum atomic E-state index is 12.6. The van der Waals surface area contributed by atoms with Crippen LogP contribution in [0, 0.1) is 19.3 Å². The fourth-order valence-corrected chi connectivity index (χ4v) is 3.20. The summed E-state index contributed by atoms with van der Waals surface area (Å²) in [6.07, 6.45) is -3.39. The molecule has 2 rings (SSSR count). The minimum Gasteiger partial charge on any atom is -0.481 e. The van der Waals surface area contributed by atoms with Crippen LogP contribution in [0.4, 0.5) is 13.2 Å². The van der Waals surface area contributed by atoms with Gasteiger partial charge in [0.15, 0.2) is 0 Å². The first-order chi connectivity index (χ1) is 11.4. The molecular weight excluding hydrogens is 339 g/mol. The third kappa shape index (κ3) is 4.32. The summed E-state index contributed by atoms with van der Waals surface area (Å²) in [7, 11) is 0. The number of alkyl halides is 3. The van der Waals surface area contributed by atoms with Crippen LogP contribution in [-0.4, -0.2) is 50.9 Å². The Morgan fingerprint density at radius 3 is 2.52 bits per heavy atom. The first-order valence-corrected chi connectivity index (χ1v) is 8.04. The summed E-state index contributed by atoms with van der Waals surface area (Å²) in [5.41, 5.74) is 0.171. The quantitative estimate of drug-likeness (QED) is 0.893. The smallest absolute Gasteiger partial charge is 0.408 e. The molecule has 0 radical (unpaired) electrons. The van der Waals surface area contributed by atoms with Crippen LogP contribution in [0.1, 0.15) is 36.7 Å². The van der Waals surface area contributed by atoms with Crippen molar-refractivity contribution in [2.75, 3.05) is 13.1 Å². The van der Waals surface area contributed by atoms with E-state index in [-0.39, 0.29) is 18.9 Å². The van der Waals surface area contributed by atoms with Gasteiger partial charge < -0.3 is 10.0 Å². The number of likely N-dealkylation sites (tertiary alicyclic amines) is 1. The third-order valence-electron chi connectivity index (χ3n) is 4.75. The Balaban J connectivity index is 2.14. The Morgan fingerprint density at radius 1 is 1.32 bits per heavy atom. The second-order valence-corrected chi connectivity index (χ2v) is 6.88. The number of carbonyl (C=O) groups is 2. The van der Waals surface area contributed by atoms with Crippen LogP contribution in [0.3, 0.4) is 0 Å². The van der Waals surface area contributed by atoms with Crippen LogP contribution in [0.25, 0.3) is 0 Å². The van der Waals surface area contributed by atoms with Gasteiger partial charge in [0, 0.05) is 24.3 Å². The molecule has 140 valence electrons. The highest BCUT2D eigenvalue weighted by atomic mass is 19.4. The van der Waals surface area contributed by atoms with E-state index in [4.69, 9.17) is 0 Å². The molecular formula is C16H22F3N3O3. The van der Waals surface area contributed by atoms with Crippen molar-refractivity contribution in [2.24, 2.45) is 5.41 Å². The van der Waals surface area contributed by atoms with Crippen molar-refractivity contribution in [3.63, 3.8) is 0 Å². The Hall–Kier alpha value is -2.06. The fraction of sp³-hybridized carbons (Fsp3) is 0.688. The topological polar surface area (TPSA) is 75.4 Å². The Kier molecular flexibility index (Phi) is 5.15. The van der Waals surface area contributed by atoms with Gasteiger partial charge in [-0.05, 0) is 33.6 Å². The zero-order valence-corrected chi connectivity index (χ0v) is 14.5. The molecule has 0 aliphatic carbocycles. The van der Waals surface area contributed by atoms with Gasteiger partial charge in [0.05, 0.1) is 17.5 Å². The number of hydrogen-bond acceptors (Lipinski definition) is 3. The highest BCUT2D eigenvalue weighted by Crippen LogP contribution is 2.30. The lowest BCUT2D eigenvalue weighted by Crippen LogP contribution is -2.48. The minimum atomic E-state index is -4.39. The van der Waals surface area contributed by atoms with E-state index in [0.29, 0.717) is 36.3 Å². The number of aromatic nitrogens is 2. The van der Waals surface area contributed by atoms with Crippen molar-refractivity contribution in [3.8, 4) is 0 Å². The molecule has 6 nitrogen and oxygen atoms in total. The predicted octanol–water partition coefficient (Wildman–Crippen LogP) is 2.32. The second-order valence-electron chi connectivity index (χ2n) is 6.88. The zero-order valence-electron chi connectivity index (χ0n) is 14.5. The molecule has 1 aliphatic heterocycles. The van der Waals surface area contributed by atoms with Crippen LogP contribution in [0.2, 0.25) is 0 Å². The van der Waals surface area contributed by atoms with Crippen molar-refractivity contribution in [2.45, 2.75) is 52.8 Å². The molecule has 1 aromatic heterocycles. The van der Waals surface area contributed by atoms with Gasteiger partial charge in [-0.1, -0.05) is 0 Å². The van der Waals surface area contributed by atoms with E-state index >= 15 is 0 Å². The molecule has 25 heavy (non-hydrogen) atoms. The number of aliphatic carboxylic acids is 1. The summed E-state index contributed by atoms with van der Waals surface area (Å²) < 4.78 is 38.6. The molecule has 1 fully saturated rings. The van der Waals surface area contributed by atoms with E-state index in [2.05, 4.69) is 5.10 Å². The van der Waals surface area contributed by atoms with Gasteiger partial charge in [-0.15, -0.1) is 0 Å². The number of nitrogens with zero attached hydrogens (tertiary/aromatic N) is 3. The van der Waals surface area contributed by atoms with Gasteiger partial charge in [0.2, 0.25) is 5.91 Å². The standard InChI is InChI=1S/C16H22F3N3O3/c1-10-12(11(2)22(20-10)9-16(17,18)19)7-13(23)21-6-4-5-15(3,8-21)14(24)25/h4-9H2,1-3H3,(H,24,25). The van der Waals surface area contributed by atoms with Crippen LogP contribution in [0.15, 0.2) is 0 Å². The summed E-state index contributed by atoms with van der Waals surface area (Å²) in [5.74, 6) is -1.24. The van der Waals surface area contributed by atoms with E-state index in [1.165, 1.54) is 11.8 Å². The Morgan fingerprint density at radius 2 is 1.96 bits per heavy atom. The first kappa shape index (κ1) is 19.3. The number of aryl methyl sites for hydroxylation is 1. The third-order valence-corrected chi connectivity index (χ3v) is 4.75. The predicted molar refractivity (Wildman–Crippen MR) is 83.0 cm³/mol. The molecule has 0 bridgehead atoms. The fourth-order valence-electron chi connectivity index (χ4n) is 3.20. The molecule has 1 amide bonds. The summed E-state index contributed by atoms with van der Waals surface area (Å²) in [5, 5.41) is 13.2. The highest BCUT2D eigenvalue weighted by Gasteiger charge is 2.39. The molecule has 1 aromatic rings. The normalized spacial score (nSPS) is 21.4. The summed E-state index contributed by atoms with van der Waals surface area (Å²) >= 11 is 0. The summed E-state index contributed by atoms with van der Waals surface area (Å²) in [4.78, 5) is 25.4. The highest BCUT2D eigenvalue weighted by molar-refractivity contribution is 5.81. The van der Waals surface area contributed by atoms with Crippen molar-refractivity contribution < 1.29 is 27.9 Å². The zero-order chi connectivity index (χ0) is 19.0. The molecule has 9 heteroatoms. The SMILES string of the molecule is Cc1nn(CC(F)(F)F)c(C)c1CC(=O)N1CCCC(C)(C(=O)O)C1. The van der Waals surface area contributed by atoms with Crippen molar-refractivity contribution >= 4 is 11.9 Å². The van der Waals surface area contributed by atoms with Crippen molar-refractivity contribution in [3.05, 3.63) is 17.0 Å². The lowest BCUT2D eigenvalue weighted by Gasteiger charge is -2.37. The van der Waals surface area contributed by atoms with Crippen LogP contribution < -0.4 is 0 Å². The molecule has 2 heterocycles. The number of amides is 1. The lowest BCUT2D eigenvalue weighted by molar-refractivity contribution is -0.153. The molecule has 1 N–H and O–H groups in total. The van der Waals surface area contributed by atoms with Gasteiger partial charge in [0.1, 0.15) is 6.54 Å². The van der Waals surface area contributed by atoms with Crippen molar-refractivity contribution in [1.82, 2.24) is 14.7 Å². The van der Waals surface area contributed by atoms with Gasteiger partial charge in [-0.25, -0.2) is 0 Å². The maximum Gasteiger partial charge on any atom is 0.408 e. The van der Waals surface area contributed by atoms with E-state index < -0.39 is 24.1 Å². The monoisotopic (exact) mass is 361 g/mol. The summed E-state index contributed by atoms with van der Waals surface area (Å²) in [6.45, 7) is 4.04. The van der Waals surface area contributed by atoms with E-state index in [0.717, 1.165) is 4.68 Å². The number of carboxylic acid groups (broad SMARTS) is 1. The summed E-state index contributed by atoms with van der Waals surface area (Å²) in [6, 6.07) is 0. The van der Waals surface area contributed by atoms with Gasteiger partial charge in [-0.3, -0.25) is 14.3 Å². The van der Waals surface area contributed by atoms with Gasteiger partial charge >= 0.3 is 12.1 Å². The average molecular weight is 361 g/mol. The van der Waals surface area contributed by atoms with Crippen LogP contribution >= 0.6 is 0 Å². The molecule has 0 saturated carbocycles. The minimum absolute atomic E-state index is 0.0782.